The van der Waals surface area contributed by atoms with Crippen LogP contribution in [0.15, 0.2) is 64.8 Å². The molecular weight excluding hydrogens is 633 g/mol. The number of hydrogen-bond acceptors (Lipinski definition) is 9. The summed E-state index contributed by atoms with van der Waals surface area (Å²) in [6.07, 6.45) is -4.41. The maximum atomic E-state index is 13.5. The Morgan fingerprint density at radius 3 is 2.37 bits per heavy atom. The van der Waals surface area contributed by atoms with Crippen LogP contribution in [0.2, 0.25) is 0 Å². The van der Waals surface area contributed by atoms with Crippen molar-refractivity contribution in [1.82, 2.24) is 19.5 Å². The van der Waals surface area contributed by atoms with Gasteiger partial charge in [-0.25, -0.2) is 17.8 Å². The Bertz CT molecular complexity index is 1630. The number of alkyl halides is 3. The Labute approximate surface area is 264 Å². The largest absolute Gasteiger partial charge is 0.569 e. The van der Waals surface area contributed by atoms with E-state index in [-0.39, 0.29) is 40.6 Å². The van der Waals surface area contributed by atoms with Gasteiger partial charge in [0.25, 0.3) is 16.3 Å². The summed E-state index contributed by atoms with van der Waals surface area (Å²) < 4.78 is 73.9. The number of aromatic nitrogens is 2. The molecule has 3 rings (SSSR count). The number of rotatable bonds is 15. The maximum absolute atomic E-state index is 13.5. The molecule has 17 heteroatoms. The van der Waals surface area contributed by atoms with E-state index in [2.05, 4.69) is 10.4 Å². The summed E-state index contributed by atoms with van der Waals surface area (Å²) in [5.74, 6) is -1.25. The standard InChI is InChI=1S/C29H35F3N6O7S/c1-5-28(40)44-21(3)45-35-38(41)36(4)18-8-6-7-9-27(39)34-46(42,43)24-16-14-23(15-17-24)37-25(19-26(33-37)29(30,31)32)22-12-10-20(2)11-13-22/h10-17,19,21H,5-9,18H2,1-4H3,(H,34,39). The summed E-state index contributed by atoms with van der Waals surface area (Å²) in [6, 6.07) is 12.7. The van der Waals surface area contributed by atoms with E-state index in [4.69, 9.17) is 9.57 Å². The van der Waals surface area contributed by atoms with Crippen molar-refractivity contribution in [3.8, 4) is 16.9 Å². The van der Waals surface area contributed by atoms with Gasteiger partial charge in [-0.3, -0.25) is 14.4 Å². The summed E-state index contributed by atoms with van der Waals surface area (Å²) in [5.41, 5.74) is 0.654. The second-order valence-electron chi connectivity index (χ2n) is 10.3. The second-order valence-corrected chi connectivity index (χ2v) is 11.9. The van der Waals surface area contributed by atoms with Gasteiger partial charge in [0.1, 0.15) is 0 Å². The molecule has 0 bridgehead atoms. The average Bonchev–Trinajstić information content (AvgIpc) is 3.46. The molecule has 1 amide bonds. The van der Waals surface area contributed by atoms with Crippen molar-refractivity contribution in [3.05, 3.63) is 71.1 Å². The molecule has 250 valence electrons. The molecule has 1 atom stereocenters. The number of esters is 1. The number of hydrazine groups is 1. The molecule has 0 saturated carbocycles. The molecule has 0 fully saturated rings. The monoisotopic (exact) mass is 668 g/mol. The molecular formula is C29H35F3N6O7S. The molecule has 3 aromatic rings. The fourth-order valence-corrected chi connectivity index (χ4v) is 5.03. The average molecular weight is 669 g/mol. The van der Waals surface area contributed by atoms with E-state index >= 15 is 0 Å². The van der Waals surface area contributed by atoms with Crippen LogP contribution in [0.4, 0.5) is 13.2 Å². The lowest BCUT2D eigenvalue weighted by Gasteiger charge is -2.14. The summed E-state index contributed by atoms with van der Waals surface area (Å²) >= 11 is 0. The van der Waals surface area contributed by atoms with Gasteiger partial charge in [-0.2, -0.15) is 18.3 Å². The van der Waals surface area contributed by atoms with Crippen molar-refractivity contribution in [2.75, 3.05) is 13.6 Å². The van der Waals surface area contributed by atoms with Gasteiger partial charge in [-0.15, -0.1) is 5.01 Å². The molecule has 2 aromatic carbocycles. The Morgan fingerprint density at radius 2 is 1.76 bits per heavy atom. The van der Waals surface area contributed by atoms with Gasteiger partial charge in [0.05, 0.1) is 34.8 Å². The Balaban J connectivity index is 1.54. The van der Waals surface area contributed by atoms with Gasteiger partial charge >= 0.3 is 12.1 Å². The number of aryl methyl sites for hydroxylation is 1. The van der Waals surface area contributed by atoms with E-state index in [9.17, 15) is 36.4 Å². The van der Waals surface area contributed by atoms with Crippen molar-refractivity contribution in [2.24, 2.45) is 5.28 Å². The zero-order valence-corrected chi connectivity index (χ0v) is 26.5. The lowest BCUT2D eigenvalue weighted by atomic mass is 10.1. The molecule has 0 spiro atoms. The molecule has 0 saturated heterocycles. The summed E-state index contributed by atoms with van der Waals surface area (Å²) in [6.45, 7) is 5.11. The quantitative estimate of drug-likeness (QED) is 0.0569. The molecule has 1 heterocycles. The van der Waals surface area contributed by atoms with E-state index in [1.54, 1.807) is 31.2 Å². The van der Waals surface area contributed by atoms with Crippen molar-refractivity contribution < 1.29 is 45.7 Å². The Hall–Kier alpha value is -4.67. The van der Waals surface area contributed by atoms with Crippen molar-refractivity contribution >= 4 is 21.9 Å². The number of ether oxygens (including phenoxy) is 1. The molecule has 1 unspecified atom stereocenters. The number of amides is 1. The molecule has 46 heavy (non-hydrogen) atoms. The van der Waals surface area contributed by atoms with Crippen LogP contribution in [-0.4, -0.2) is 59.9 Å². The van der Waals surface area contributed by atoms with Gasteiger partial charge in [0.2, 0.25) is 11.2 Å². The molecule has 1 N–H and O–H groups in total. The number of hydrogen-bond donors (Lipinski definition) is 1. The number of nitrogens with zero attached hydrogens (tertiary/aromatic N) is 5. The first-order valence-corrected chi connectivity index (χ1v) is 15.7. The van der Waals surface area contributed by atoms with E-state index in [1.807, 2.05) is 11.6 Å². The van der Waals surface area contributed by atoms with Gasteiger partial charge in [-0.1, -0.05) is 43.2 Å². The van der Waals surface area contributed by atoms with Crippen molar-refractivity contribution in [2.45, 2.75) is 70.2 Å². The van der Waals surface area contributed by atoms with E-state index < -0.39 is 40.1 Å². The molecule has 0 aliphatic rings. The molecule has 0 radical (unpaired) electrons. The number of unbranched alkanes of at least 4 members (excludes halogenated alkanes) is 2. The van der Waals surface area contributed by atoms with Crippen LogP contribution in [0.3, 0.4) is 0 Å². The number of nitrogens with one attached hydrogen (secondary N) is 1. The van der Waals surface area contributed by atoms with Crippen LogP contribution in [0.25, 0.3) is 16.9 Å². The number of sulfonamides is 1. The summed E-state index contributed by atoms with van der Waals surface area (Å²) in [4.78, 5) is 28.3. The van der Waals surface area contributed by atoms with Crippen LogP contribution in [0.1, 0.15) is 57.2 Å². The molecule has 0 aliphatic carbocycles. The second kappa shape index (κ2) is 15.6. The normalized spacial score (nSPS) is 12.8. The third-order valence-electron chi connectivity index (χ3n) is 6.52. The minimum atomic E-state index is -4.69. The van der Waals surface area contributed by atoms with Crippen LogP contribution < -0.4 is 4.72 Å². The van der Waals surface area contributed by atoms with Crippen molar-refractivity contribution in [3.63, 3.8) is 0 Å². The van der Waals surface area contributed by atoms with Crippen LogP contribution in [-0.2, 0) is 35.4 Å². The van der Waals surface area contributed by atoms with E-state index in [0.717, 1.165) is 16.3 Å². The van der Waals surface area contributed by atoms with Gasteiger partial charge in [0, 0.05) is 25.3 Å². The highest BCUT2D eigenvalue weighted by molar-refractivity contribution is 7.90. The zero-order chi connectivity index (χ0) is 34.1. The molecule has 13 nitrogen and oxygen atoms in total. The van der Waals surface area contributed by atoms with E-state index in [1.165, 1.54) is 43.2 Å². The summed E-state index contributed by atoms with van der Waals surface area (Å²) in [5, 5.41) is 20.1. The highest BCUT2D eigenvalue weighted by atomic mass is 32.2. The summed E-state index contributed by atoms with van der Waals surface area (Å²) in [7, 11) is -2.80. The molecule has 0 aliphatic heterocycles. The van der Waals surface area contributed by atoms with E-state index in [0.29, 0.717) is 24.8 Å². The minimum Gasteiger partial charge on any atom is -0.569 e. The zero-order valence-electron chi connectivity index (χ0n) is 25.7. The van der Waals surface area contributed by atoms with Crippen LogP contribution in [0, 0.1) is 12.1 Å². The number of benzene rings is 2. The third kappa shape index (κ3) is 10.2. The van der Waals surface area contributed by atoms with Gasteiger partial charge < -0.3 is 9.94 Å². The lowest BCUT2D eigenvalue weighted by molar-refractivity contribution is -0.707. The van der Waals surface area contributed by atoms with Crippen LogP contribution >= 0.6 is 0 Å². The highest BCUT2D eigenvalue weighted by Crippen LogP contribution is 2.33. The van der Waals surface area contributed by atoms with Crippen LogP contribution in [0.5, 0.6) is 0 Å². The Morgan fingerprint density at radius 1 is 1.11 bits per heavy atom. The SMILES string of the molecule is CCC(=O)OC(C)ON=[N+]([O-])N(C)CCCCCC(=O)NS(=O)(=O)c1ccc(-n2nc(C(F)(F)F)cc2-c2ccc(C)cc2)cc1. The fraction of sp³-hybridized carbons (Fsp3) is 0.414. The Kier molecular flexibility index (Phi) is 12.1. The fourth-order valence-electron chi connectivity index (χ4n) is 4.02. The van der Waals surface area contributed by atoms with Crippen molar-refractivity contribution in [1.29, 1.82) is 0 Å². The lowest BCUT2D eigenvalue weighted by Crippen LogP contribution is -2.30. The van der Waals surface area contributed by atoms with Gasteiger partial charge in [-0.05, 0) is 50.1 Å². The first-order valence-electron chi connectivity index (χ1n) is 14.3. The number of halogens is 3. The maximum Gasteiger partial charge on any atom is 0.435 e. The first-order chi connectivity index (χ1) is 21.6. The molecule has 1 aromatic heterocycles. The predicted molar refractivity (Wildman–Crippen MR) is 158 cm³/mol. The topological polar surface area (TPSA) is 158 Å². The third-order valence-corrected chi connectivity index (χ3v) is 7.91. The van der Waals surface area contributed by atoms with Gasteiger partial charge in [0.15, 0.2) is 5.69 Å². The predicted octanol–water partition coefficient (Wildman–Crippen LogP) is 5.27. The highest BCUT2D eigenvalue weighted by Gasteiger charge is 2.35. The smallest absolute Gasteiger partial charge is 0.435 e. The minimum absolute atomic E-state index is 0.108. The number of carbonyl (C=O) groups is 2. The number of carbonyl (C=O) groups excluding carboxylic acids is 2. The first kappa shape index (κ1) is 35.8.